The van der Waals surface area contributed by atoms with Crippen molar-refractivity contribution in [3.8, 4) is 17.2 Å². The molecule has 2 aromatic rings. The van der Waals surface area contributed by atoms with E-state index in [1.54, 1.807) is 6.92 Å². The molecule has 9 nitrogen and oxygen atoms in total. The predicted octanol–water partition coefficient (Wildman–Crippen LogP) is 3.73. The van der Waals surface area contributed by atoms with Crippen LogP contribution in [0.3, 0.4) is 0 Å². The van der Waals surface area contributed by atoms with Crippen molar-refractivity contribution in [1.29, 1.82) is 0 Å². The standard InChI is InChI=1S/C19H19ClN2O7/c1-4-21-18(23)11(2)28-19(24)12-5-7-16(17(9-12)27-3)29-15-8-6-13(20)10-14(15)22(25)26/h5-11H,4H2,1-3H3,(H,21,23). The summed E-state index contributed by atoms with van der Waals surface area (Å²) in [6.07, 6.45) is -0.971. The molecule has 0 radical (unpaired) electrons. The number of nitrogens with zero attached hydrogens (tertiary/aromatic N) is 1. The lowest BCUT2D eigenvalue weighted by molar-refractivity contribution is -0.385. The number of esters is 1. The van der Waals surface area contributed by atoms with Crippen LogP contribution in [0.25, 0.3) is 0 Å². The molecule has 0 heterocycles. The highest BCUT2D eigenvalue weighted by Gasteiger charge is 2.21. The molecule has 1 atom stereocenters. The average Bonchev–Trinajstić information content (AvgIpc) is 2.69. The number of nitro benzene ring substituents is 1. The van der Waals surface area contributed by atoms with Crippen LogP contribution in [0.5, 0.6) is 17.2 Å². The van der Waals surface area contributed by atoms with Crippen LogP contribution in [-0.2, 0) is 9.53 Å². The second-order valence-electron chi connectivity index (χ2n) is 5.78. The van der Waals surface area contributed by atoms with Gasteiger partial charge in [-0.1, -0.05) is 11.6 Å². The van der Waals surface area contributed by atoms with Gasteiger partial charge in [0.05, 0.1) is 17.6 Å². The second-order valence-corrected chi connectivity index (χ2v) is 6.22. The summed E-state index contributed by atoms with van der Waals surface area (Å²) in [5.41, 5.74) is -0.199. The number of nitro groups is 1. The average molecular weight is 423 g/mol. The molecule has 154 valence electrons. The Bertz CT molecular complexity index is 933. The van der Waals surface area contributed by atoms with Gasteiger partial charge in [-0.05, 0) is 44.2 Å². The highest BCUT2D eigenvalue weighted by molar-refractivity contribution is 6.30. The smallest absolute Gasteiger partial charge is 0.339 e. The van der Waals surface area contributed by atoms with E-state index in [2.05, 4.69) is 5.32 Å². The predicted molar refractivity (Wildman–Crippen MR) is 105 cm³/mol. The second kappa shape index (κ2) is 9.74. The van der Waals surface area contributed by atoms with E-state index in [1.165, 1.54) is 44.4 Å². The zero-order valence-corrected chi connectivity index (χ0v) is 16.7. The van der Waals surface area contributed by atoms with Gasteiger partial charge in [-0.15, -0.1) is 0 Å². The summed E-state index contributed by atoms with van der Waals surface area (Å²) in [7, 11) is 1.35. The molecule has 1 unspecified atom stereocenters. The maximum atomic E-state index is 12.3. The first-order valence-electron chi connectivity index (χ1n) is 8.55. The van der Waals surface area contributed by atoms with Crippen molar-refractivity contribution in [2.75, 3.05) is 13.7 Å². The summed E-state index contributed by atoms with van der Waals surface area (Å²) >= 11 is 5.80. The van der Waals surface area contributed by atoms with Crippen LogP contribution in [0.1, 0.15) is 24.2 Å². The van der Waals surface area contributed by atoms with E-state index in [9.17, 15) is 19.7 Å². The summed E-state index contributed by atoms with van der Waals surface area (Å²) in [5.74, 6) is -0.896. The summed E-state index contributed by atoms with van der Waals surface area (Å²) in [4.78, 5) is 34.6. The summed E-state index contributed by atoms with van der Waals surface area (Å²) in [6, 6.07) is 8.12. The normalized spacial score (nSPS) is 11.3. The summed E-state index contributed by atoms with van der Waals surface area (Å²) in [5, 5.41) is 14.0. The molecule has 0 saturated heterocycles. The van der Waals surface area contributed by atoms with Gasteiger partial charge in [0.1, 0.15) is 0 Å². The van der Waals surface area contributed by atoms with Gasteiger partial charge in [-0.3, -0.25) is 14.9 Å². The fourth-order valence-corrected chi connectivity index (χ4v) is 2.48. The number of carbonyl (C=O) groups excluding carboxylic acids is 2. The molecule has 2 aromatic carbocycles. The van der Waals surface area contributed by atoms with E-state index < -0.39 is 22.9 Å². The molecule has 0 aromatic heterocycles. The molecule has 0 bridgehead atoms. The van der Waals surface area contributed by atoms with Gasteiger partial charge < -0.3 is 19.5 Å². The van der Waals surface area contributed by atoms with Gasteiger partial charge in [-0.2, -0.15) is 0 Å². The molecule has 1 amide bonds. The Morgan fingerprint density at radius 2 is 1.86 bits per heavy atom. The maximum absolute atomic E-state index is 12.3. The molecule has 0 aliphatic rings. The molecule has 1 N–H and O–H groups in total. The minimum atomic E-state index is -0.971. The number of rotatable bonds is 8. The van der Waals surface area contributed by atoms with Gasteiger partial charge in [0.15, 0.2) is 17.6 Å². The molecule has 0 spiro atoms. The van der Waals surface area contributed by atoms with Gasteiger partial charge in [0.2, 0.25) is 5.75 Å². The van der Waals surface area contributed by atoms with Gasteiger partial charge >= 0.3 is 11.7 Å². The fourth-order valence-electron chi connectivity index (χ4n) is 2.32. The first kappa shape index (κ1) is 22.0. The molecule has 0 aliphatic carbocycles. The lowest BCUT2D eigenvalue weighted by atomic mass is 10.2. The molecule has 10 heteroatoms. The summed E-state index contributed by atoms with van der Waals surface area (Å²) in [6.45, 7) is 3.62. The highest BCUT2D eigenvalue weighted by Crippen LogP contribution is 2.38. The number of amides is 1. The van der Waals surface area contributed by atoms with Crippen LogP contribution in [0, 0.1) is 10.1 Å². The minimum absolute atomic E-state index is 0.0436. The number of hydrogen-bond donors (Lipinski definition) is 1. The minimum Gasteiger partial charge on any atom is -0.493 e. The maximum Gasteiger partial charge on any atom is 0.339 e. The quantitative estimate of drug-likeness (QED) is 0.391. The molecular weight excluding hydrogens is 404 g/mol. The van der Waals surface area contributed by atoms with Crippen molar-refractivity contribution in [2.24, 2.45) is 0 Å². The van der Waals surface area contributed by atoms with Crippen molar-refractivity contribution < 1.29 is 28.7 Å². The van der Waals surface area contributed by atoms with Crippen molar-refractivity contribution in [3.63, 3.8) is 0 Å². The Morgan fingerprint density at radius 3 is 2.48 bits per heavy atom. The number of carbonyl (C=O) groups is 2. The van der Waals surface area contributed by atoms with E-state index in [0.717, 1.165) is 6.07 Å². The molecule has 29 heavy (non-hydrogen) atoms. The molecule has 2 rings (SSSR count). The van der Waals surface area contributed by atoms with Crippen LogP contribution in [-0.4, -0.2) is 36.6 Å². The van der Waals surface area contributed by atoms with E-state index in [4.69, 9.17) is 25.8 Å². The van der Waals surface area contributed by atoms with E-state index in [-0.39, 0.29) is 33.5 Å². The van der Waals surface area contributed by atoms with Crippen molar-refractivity contribution in [3.05, 3.63) is 57.1 Å². The zero-order valence-electron chi connectivity index (χ0n) is 15.9. The van der Waals surface area contributed by atoms with Crippen LogP contribution >= 0.6 is 11.6 Å². The third kappa shape index (κ3) is 5.58. The number of ether oxygens (including phenoxy) is 3. The largest absolute Gasteiger partial charge is 0.493 e. The first-order chi connectivity index (χ1) is 13.8. The first-order valence-corrected chi connectivity index (χ1v) is 8.93. The van der Waals surface area contributed by atoms with E-state index in [0.29, 0.717) is 6.54 Å². The Kier molecular flexibility index (Phi) is 7.38. The Labute approximate surface area is 171 Å². The van der Waals surface area contributed by atoms with Crippen LogP contribution < -0.4 is 14.8 Å². The van der Waals surface area contributed by atoms with Crippen molar-refractivity contribution in [2.45, 2.75) is 20.0 Å². The Hall–Kier alpha value is -3.33. The van der Waals surface area contributed by atoms with Gasteiger partial charge in [0, 0.05) is 17.6 Å². The van der Waals surface area contributed by atoms with Crippen LogP contribution in [0.2, 0.25) is 5.02 Å². The topological polar surface area (TPSA) is 117 Å². The molecule has 0 fully saturated rings. The lowest BCUT2D eigenvalue weighted by Gasteiger charge is -2.14. The number of halogens is 1. The van der Waals surface area contributed by atoms with Gasteiger partial charge in [-0.25, -0.2) is 4.79 Å². The van der Waals surface area contributed by atoms with Crippen molar-refractivity contribution >= 4 is 29.2 Å². The number of likely N-dealkylation sites (N-methyl/N-ethyl adjacent to an activating group) is 1. The van der Waals surface area contributed by atoms with Crippen LogP contribution in [0.15, 0.2) is 36.4 Å². The summed E-state index contributed by atoms with van der Waals surface area (Å²) < 4.78 is 15.9. The third-order valence-corrected chi connectivity index (χ3v) is 3.98. The van der Waals surface area contributed by atoms with Crippen LogP contribution in [0.4, 0.5) is 5.69 Å². The number of benzene rings is 2. The van der Waals surface area contributed by atoms with E-state index in [1.807, 2.05) is 0 Å². The number of nitrogens with one attached hydrogen (secondary N) is 1. The SMILES string of the molecule is CCNC(=O)C(C)OC(=O)c1ccc(Oc2ccc(Cl)cc2[N+](=O)[O-])c(OC)c1. The monoisotopic (exact) mass is 422 g/mol. The molecule has 0 aliphatic heterocycles. The number of hydrogen-bond acceptors (Lipinski definition) is 7. The fraction of sp³-hybridized carbons (Fsp3) is 0.263. The highest BCUT2D eigenvalue weighted by atomic mass is 35.5. The third-order valence-electron chi connectivity index (χ3n) is 3.74. The molecular formula is C19H19ClN2O7. The number of methoxy groups -OCH3 is 1. The van der Waals surface area contributed by atoms with Crippen molar-refractivity contribution in [1.82, 2.24) is 5.32 Å². The Balaban J connectivity index is 2.24. The van der Waals surface area contributed by atoms with Gasteiger partial charge in [0.25, 0.3) is 5.91 Å². The molecule has 0 saturated carbocycles. The Morgan fingerprint density at radius 1 is 1.17 bits per heavy atom. The van der Waals surface area contributed by atoms with E-state index >= 15 is 0 Å². The zero-order chi connectivity index (χ0) is 21.6. The lowest BCUT2D eigenvalue weighted by Crippen LogP contribution is -2.35.